The molecule has 0 aliphatic heterocycles. The third-order valence-corrected chi connectivity index (χ3v) is 3.22. The van der Waals surface area contributed by atoms with Crippen LogP contribution in [-0.4, -0.2) is 36.7 Å². The largest absolute Gasteiger partial charge is 0.478 e. The van der Waals surface area contributed by atoms with Gasteiger partial charge in [0.2, 0.25) is 10.0 Å². The second-order valence-electron chi connectivity index (χ2n) is 3.94. The van der Waals surface area contributed by atoms with Gasteiger partial charge in [-0.15, -0.1) is 0 Å². The number of rotatable bonds is 7. The van der Waals surface area contributed by atoms with Gasteiger partial charge in [0.05, 0.1) is 16.2 Å². The normalized spacial score (nSPS) is 11.1. The number of anilines is 1. The molecule has 20 heavy (non-hydrogen) atoms. The Labute approximate surface area is 114 Å². The molecule has 0 aromatic heterocycles. The minimum Gasteiger partial charge on any atom is -0.478 e. The van der Waals surface area contributed by atoms with Crippen LogP contribution in [0, 0.1) is 10.1 Å². The highest BCUT2D eigenvalue weighted by Gasteiger charge is 2.15. The van der Waals surface area contributed by atoms with E-state index in [1.807, 2.05) is 0 Å². The minimum atomic E-state index is -3.57. The summed E-state index contributed by atoms with van der Waals surface area (Å²) in [5, 5.41) is 27.1. The highest BCUT2D eigenvalue weighted by Crippen LogP contribution is 2.22. The average Bonchev–Trinajstić information content (AvgIpc) is 2.33. The molecular weight excluding hydrogens is 290 g/mol. The fourth-order valence-electron chi connectivity index (χ4n) is 1.47. The maximum Gasteiger partial charge on any atom is 0.338 e. The summed E-state index contributed by atoms with van der Waals surface area (Å²) in [4.78, 5) is 20.9. The number of nitro groups is 1. The van der Waals surface area contributed by atoms with Gasteiger partial charge < -0.3 is 10.4 Å². The van der Waals surface area contributed by atoms with Gasteiger partial charge in [-0.3, -0.25) is 10.1 Å². The molecule has 1 aromatic rings. The Morgan fingerprint density at radius 2 is 2.10 bits per heavy atom. The smallest absolute Gasteiger partial charge is 0.338 e. The average molecular weight is 303 g/mol. The molecule has 0 amide bonds. The maximum atomic E-state index is 11.0. The van der Waals surface area contributed by atoms with Crippen molar-refractivity contribution >= 4 is 27.4 Å². The zero-order chi connectivity index (χ0) is 15.3. The van der Waals surface area contributed by atoms with E-state index in [-0.39, 0.29) is 35.7 Å². The Morgan fingerprint density at radius 3 is 2.60 bits per heavy atom. The summed E-state index contributed by atoms with van der Waals surface area (Å²) in [6, 6.07) is 3.36. The van der Waals surface area contributed by atoms with Gasteiger partial charge in [-0.25, -0.2) is 18.4 Å². The molecule has 0 radical (unpaired) electrons. The fraction of sp³-hybridized carbons (Fsp3) is 0.300. The van der Waals surface area contributed by atoms with E-state index >= 15 is 0 Å². The van der Waals surface area contributed by atoms with Gasteiger partial charge in [0, 0.05) is 24.4 Å². The van der Waals surface area contributed by atoms with E-state index in [0.29, 0.717) is 0 Å². The standard InChI is InChI=1S/C10H13N3O6S/c11-20(18,19)5-1-4-12-9-3-2-7(13(16)17)6-8(9)10(14)15/h2-3,6,12H,1,4-5H2,(H,14,15)(H2,11,18,19). The van der Waals surface area contributed by atoms with E-state index in [1.165, 1.54) is 6.07 Å². The van der Waals surface area contributed by atoms with Crippen molar-refractivity contribution in [2.24, 2.45) is 5.14 Å². The van der Waals surface area contributed by atoms with Gasteiger partial charge >= 0.3 is 5.97 Å². The molecule has 0 saturated carbocycles. The van der Waals surface area contributed by atoms with E-state index in [2.05, 4.69) is 5.32 Å². The molecule has 110 valence electrons. The number of hydrogen-bond donors (Lipinski definition) is 3. The first-order valence-electron chi connectivity index (χ1n) is 5.47. The Kier molecular flexibility index (Phi) is 5.00. The lowest BCUT2D eigenvalue weighted by molar-refractivity contribution is -0.384. The molecule has 0 atom stereocenters. The summed E-state index contributed by atoms with van der Waals surface area (Å²) in [7, 11) is -3.57. The first-order chi connectivity index (χ1) is 9.20. The third-order valence-electron chi connectivity index (χ3n) is 2.37. The summed E-state index contributed by atoms with van der Waals surface area (Å²) in [6.45, 7) is 0.175. The van der Waals surface area contributed by atoms with E-state index in [4.69, 9.17) is 10.2 Å². The van der Waals surface area contributed by atoms with Crippen molar-refractivity contribution in [2.75, 3.05) is 17.6 Å². The number of benzene rings is 1. The zero-order valence-corrected chi connectivity index (χ0v) is 11.1. The number of non-ortho nitro benzene ring substituents is 1. The van der Waals surface area contributed by atoms with E-state index in [9.17, 15) is 23.3 Å². The van der Waals surface area contributed by atoms with Crippen LogP contribution in [0.5, 0.6) is 0 Å². The topological polar surface area (TPSA) is 153 Å². The zero-order valence-electron chi connectivity index (χ0n) is 10.3. The number of nitrogens with zero attached hydrogens (tertiary/aromatic N) is 1. The van der Waals surface area contributed by atoms with Crippen LogP contribution in [0.1, 0.15) is 16.8 Å². The number of primary sulfonamides is 1. The van der Waals surface area contributed by atoms with Crippen LogP contribution < -0.4 is 10.5 Å². The molecule has 9 nitrogen and oxygen atoms in total. The van der Waals surface area contributed by atoms with Gasteiger partial charge in [-0.1, -0.05) is 0 Å². The summed E-state index contributed by atoms with van der Waals surface area (Å²) < 4.78 is 21.4. The maximum absolute atomic E-state index is 11.0. The third kappa shape index (κ3) is 4.82. The molecule has 0 saturated heterocycles. The quantitative estimate of drug-likeness (QED) is 0.374. The SMILES string of the molecule is NS(=O)(=O)CCCNc1ccc([N+](=O)[O-])cc1C(=O)O. The van der Waals surface area contributed by atoms with Gasteiger partial charge in [0.25, 0.3) is 5.69 Å². The van der Waals surface area contributed by atoms with Crippen LogP contribution in [0.25, 0.3) is 0 Å². The second kappa shape index (κ2) is 6.30. The molecule has 0 heterocycles. The van der Waals surface area contributed by atoms with Crippen molar-refractivity contribution in [2.45, 2.75) is 6.42 Å². The van der Waals surface area contributed by atoms with Crippen molar-refractivity contribution in [1.82, 2.24) is 0 Å². The fourth-order valence-corrected chi connectivity index (χ4v) is 2.02. The molecule has 0 aliphatic carbocycles. The van der Waals surface area contributed by atoms with Crippen LogP contribution >= 0.6 is 0 Å². The first-order valence-corrected chi connectivity index (χ1v) is 7.18. The molecule has 0 spiro atoms. The van der Waals surface area contributed by atoms with Gasteiger partial charge in [-0.2, -0.15) is 0 Å². The van der Waals surface area contributed by atoms with E-state index < -0.39 is 20.9 Å². The Balaban J connectivity index is 2.79. The Bertz CT molecular complexity index is 628. The van der Waals surface area contributed by atoms with Crippen LogP contribution in [0.4, 0.5) is 11.4 Å². The summed E-state index contributed by atoms with van der Waals surface area (Å²) in [5.74, 6) is -1.56. The van der Waals surface area contributed by atoms with Crippen molar-refractivity contribution < 1.29 is 23.2 Å². The molecule has 1 aromatic carbocycles. The molecular formula is C10H13N3O6S. The number of carboxylic acids is 1. The van der Waals surface area contributed by atoms with Crippen LogP contribution in [0.2, 0.25) is 0 Å². The number of nitro benzene ring substituents is 1. The van der Waals surface area contributed by atoms with Crippen LogP contribution in [0.3, 0.4) is 0 Å². The molecule has 4 N–H and O–H groups in total. The minimum absolute atomic E-state index is 0.175. The molecule has 0 fully saturated rings. The highest BCUT2D eigenvalue weighted by molar-refractivity contribution is 7.89. The number of sulfonamides is 1. The first kappa shape index (κ1) is 15.9. The Morgan fingerprint density at radius 1 is 1.45 bits per heavy atom. The number of nitrogens with two attached hydrogens (primary N) is 1. The number of carboxylic acid groups (broad SMARTS) is 1. The lowest BCUT2D eigenvalue weighted by Gasteiger charge is -2.09. The van der Waals surface area contributed by atoms with Crippen molar-refractivity contribution in [3.63, 3.8) is 0 Å². The molecule has 0 bridgehead atoms. The second-order valence-corrected chi connectivity index (χ2v) is 5.67. The van der Waals surface area contributed by atoms with Gasteiger partial charge in [-0.05, 0) is 12.5 Å². The molecule has 1 rings (SSSR count). The summed E-state index contributed by atoms with van der Waals surface area (Å²) in [6.07, 6.45) is 0.189. The molecule has 10 heteroatoms. The van der Waals surface area contributed by atoms with E-state index in [0.717, 1.165) is 12.1 Å². The van der Waals surface area contributed by atoms with Gasteiger partial charge in [0.15, 0.2) is 0 Å². The lowest BCUT2D eigenvalue weighted by Crippen LogP contribution is -2.19. The van der Waals surface area contributed by atoms with Gasteiger partial charge in [0.1, 0.15) is 0 Å². The lowest BCUT2D eigenvalue weighted by atomic mass is 10.1. The number of hydrogen-bond acceptors (Lipinski definition) is 6. The monoisotopic (exact) mass is 303 g/mol. The highest BCUT2D eigenvalue weighted by atomic mass is 32.2. The number of aromatic carboxylic acids is 1. The van der Waals surface area contributed by atoms with Crippen molar-refractivity contribution in [3.8, 4) is 0 Å². The van der Waals surface area contributed by atoms with Crippen molar-refractivity contribution in [3.05, 3.63) is 33.9 Å². The number of nitrogens with one attached hydrogen (secondary N) is 1. The summed E-state index contributed by atoms with van der Waals surface area (Å²) in [5.41, 5.74) is -0.412. The van der Waals surface area contributed by atoms with E-state index in [1.54, 1.807) is 0 Å². The molecule has 0 unspecified atom stereocenters. The molecule has 0 aliphatic rings. The predicted molar refractivity (Wildman–Crippen MR) is 71.1 cm³/mol. The van der Waals surface area contributed by atoms with Crippen LogP contribution in [-0.2, 0) is 10.0 Å². The predicted octanol–water partition coefficient (Wildman–Crippen LogP) is 0.383. The van der Waals surface area contributed by atoms with Crippen molar-refractivity contribution in [1.29, 1.82) is 0 Å². The number of carbonyl (C=O) groups is 1. The van der Waals surface area contributed by atoms with Crippen LogP contribution in [0.15, 0.2) is 18.2 Å². The summed E-state index contributed by atoms with van der Waals surface area (Å²) >= 11 is 0. The Hall–Kier alpha value is -2.20.